The molecule has 4 rings (SSSR count). The van der Waals surface area contributed by atoms with Crippen LogP contribution < -0.4 is 0 Å². The van der Waals surface area contributed by atoms with Crippen LogP contribution in [0.4, 0.5) is 0 Å². The van der Waals surface area contributed by atoms with Crippen molar-refractivity contribution < 1.29 is 0 Å². The normalized spacial score (nSPS) is 11.5. The lowest BCUT2D eigenvalue weighted by Crippen LogP contribution is -2.33. The monoisotopic (exact) mass is 368 g/mol. The summed E-state index contributed by atoms with van der Waals surface area (Å²) in [6.45, 7) is 4.47. The molecule has 4 aromatic rings. The Morgan fingerprint density at radius 1 is 0.630 bits per heavy atom. The van der Waals surface area contributed by atoms with Crippen LogP contribution in [-0.4, -0.2) is 0 Å². The van der Waals surface area contributed by atoms with Gasteiger partial charge in [-0.15, -0.1) is 11.3 Å². The quantitative estimate of drug-likeness (QED) is 0.335. The molecule has 0 radical (unpaired) electrons. The molecular formula is C26H24S. The first-order valence-corrected chi connectivity index (χ1v) is 10.3. The molecule has 0 aliphatic carbocycles. The second kappa shape index (κ2) is 7.54. The molecule has 0 bridgehead atoms. The van der Waals surface area contributed by atoms with Gasteiger partial charge in [0.15, 0.2) is 0 Å². The van der Waals surface area contributed by atoms with Crippen molar-refractivity contribution in [3.63, 3.8) is 0 Å². The Kier molecular flexibility index (Phi) is 4.96. The first-order chi connectivity index (χ1) is 13.2. The Morgan fingerprint density at radius 3 is 1.70 bits per heavy atom. The van der Waals surface area contributed by atoms with Gasteiger partial charge < -0.3 is 0 Å². The summed E-state index contributed by atoms with van der Waals surface area (Å²) in [6, 6.07) is 33.1. The average molecular weight is 369 g/mol. The molecule has 0 fully saturated rings. The van der Waals surface area contributed by atoms with Crippen LogP contribution in [0.15, 0.2) is 96.4 Å². The van der Waals surface area contributed by atoms with Gasteiger partial charge in [-0.3, -0.25) is 0 Å². The van der Waals surface area contributed by atoms with E-state index in [2.05, 4.69) is 110 Å². The highest BCUT2D eigenvalue weighted by Gasteiger charge is 2.38. The van der Waals surface area contributed by atoms with Gasteiger partial charge in [-0.2, -0.15) is 0 Å². The summed E-state index contributed by atoms with van der Waals surface area (Å²) >= 11 is 1.85. The second-order valence-electron chi connectivity index (χ2n) is 7.16. The van der Waals surface area contributed by atoms with Crippen LogP contribution in [0.1, 0.15) is 32.7 Å². The molecule has 0 saturated carbocycles. The second-order valence-corrected chi connectivity index (χ2v) is 8.19. The van der Waals surface area contributed by atoms with Crippen LogP contribution in [0.3, 0.4) is 0 Å². The summed E-state index contributed by atoms with van der Waals surface area (Å²) in [7, 11) is 0. The number of rotatable bonds is 5. The Bertz CT molecular complexity index is 968. The number of benzene rings is 3. The highest BCUT2D eigenvalue weighted by atomic mass is 32.1. The number of aryl methyl sites for hydroxylation is 2. The Labute approximate surface area is 166 Å². The van der Waals surface area contributed by atoms with Crippen molar-refractivity contribution in [1.82, 2.24) is 0 Å². The van der Waals surface area contributed by atoms with Crippen molar-refractivity contribution in [2.45, 2.75) is 25.7 Å². The maximum Gasteiger partial charge on any atom is 0.0504 e. The smallest absolute Gasteiger partial charge is 0.0504 e. The molecule has 0 unspecified atom stereocenters. The molecule has 3 aromatic carbocycles. The number of hydrogen-bond donors (Lipinski definition) is 0. The molecule has 0 nitrogen and oxygen atoms in total. The van der Waals surface area contributed by atoms with Gasteiger partial charge >= 0.3 is 0 Å². The summed E-state index contributed by atoms with van der Waals surface area (Å²) in [6.07, 6.45) is 0.963. The van der Waals surface area contributed by atoms with Gasteiger partial charge in [-0.1, -0.05) is 84.9 Å². The van der Waals surface area contributed by atoms with E-state index in [0.717, 1.165) is 6.42 Å². The SMILES string of the molecule is Cc1ccccc1C(Cc1cccs1)(c1ccccc1)c1ccccc1C. The minimum Gasteiger partial charge on any atom is -0.149 e. The zero-order chi connectivity index (χ0) is 18.7. The van der Waals surface area contributed by atoms with Gasteiger partial charge in [-0.05, 0) is 59.5 Å². The summed E-state index contributed by atoms with van der Waals surface area (Å²) in [5.41, 5.74) is 6.59. The van der Waals surface area contributed by atoms with E-state index in [0.29, 0.717) is 0 Å². The fourth-order valence-electron chi connectivity index (χ4n) is 4.25. The molecule has 0 aliphatic rings. The lowest BCUT2D eigenvalue weighted by molar-refractivity contribution is 0.610. The molecular weight excluding hydrogens is 344 g/mol. The maximum absolute atomic E-state index is 2.31. The highest BCUT2D eigenvalue weighted by Crippen LogP contribution is 2.45. The van der Waals surface area contributed by atoms with Crippen LogP contribution >= 0.6 is 11.3 Å². The maximum atomic E-state index is 2.31. The van der Waals surface area contributed by atoms with E-state index in [4.69, 9.17) is 0 Å². The van der Waals surface area contributed by atoms with E-state index < -0.39 is 0 Å². The number of thiophene rings is 1. The minimum atomic E-state index is -0.206. The topological polar surface area (TPSA) is 0 Å². The first kappa shape index (κ1) is 17.8. The fraction of sp³-hybridized carbons (Fsp3) is 0.154. The van der Waals surface area contributed by atoms with Gasteiger partial charge in [0, 0.05) is 4.88 Å². The van der Waals surface area contributed by atoms with Crippen LogP contribution in [0.2, 0.25) is 0 Å². The molecule has 0 spiro atoms. The highest BCUT2D eigenvalue weighted by molar-refractivity contribution is 7.09. The van der Waals surface area contributed by atoms with Crippen molar-refractivity contribution >= 4 is 11.3 Å². The third-order valence-corrected chi connectivity index (χ3v) is 6.37. The summed E-state index contributed by atoms with van der Waals surface area (Å²) in [5.74, 6) is 0. The molecule has 0 amide bonds. The summed E-state index contributed by atoms with van der Waals surface area (Å²) in [5, 5.41) is 2.18. The molecule has 27 heavy (non-hydrogen) atoms. The van der Waals surface area contributed by atoms with Crippen LogP contribution in [-0.2, 0) is 11.8 Å². The summed E-state index contributed by atoms with van der Waals surface area (Å²) in [4.78, 5) is 1.41. The van der Waals surface area contributed by atoms with E-state index in [1.165, 1.54) is 32.7 Å². The van der Waals surface area contributed by atoms with Gasteiger partial charge in [0.2, 0.25) is 0 Å². The van der Waals surface area contributed by atoms with Crippen molar-refractivity contribution in [2.24, 2.45) is 0 Å². The Hall–Kier alpha value is -2.64. The predicted molar refractivity (Wildman–Crippen MR) is 117 cm³/mol. The van der Waals surface area contributed by atoms with Crippen LogP contribution in [0.25, 0.3) is 0 Å². The van der Waals surface area contributed by atoms with Crippen molar-refractivity contribution in [3.8, 4) is 0 Å². The van der Waals surface area contributed by atoms with Gasteiger partial charge in [0.05, 0.1) is 5.41 Å². The third kappa shape index (κ3) is 3.24. The third-order valence-electron chi connectivity index (χ3n) is 5.50. The fourth-order valence-corrected chi connectivity index (χ4v) is 5.04. The van der Waals surface area contributed by atoms with Crippen molar-refractivity contribution in [1.29, 1.82) is 0 Å². The summed E-state index contributed by atoms with van der Waals surface area (Å²) < 4.78 is 0. The van der Waals surface area contributed by atoms with E-state index in [9.17, 15) is 0 Å². The zero-order valence-corrected chi connectivity index (χ0v) is 16.7. The Morgan fingerprint density at radius 2 is 1.19 bits per heavy atom. The molecule has 0 saturated heterocycles. The first-order valence-electron chi connectivity index (χ1n) is 9.42. The Balaban J connectivity index is 2.09. The van der Waals surface area contributed by atoms with Gasteiger partial charge in [0.1, 0.15) is 0 Å². The standard InChI is InChI=1S/C26H24S/c1-20-11-6-8-16-24(20)26(19-23-15-10-18-27-23,22-13-4-3-5-14-22)25-17-9-7-12-21(25)2/h3-18H,19H2,1-2H3. The van der Waals surface area contributed by atoms with E-state index in [-0.39, 0.29) is 5.41 Å². The molecule has 1 heteroatoms. The molecule has 0 aliphatic heterocycles. The van der Waals surface area contributed by atoms with Crippen molar-refractivity contribution in [3.05, 3.63) is 129 Å². The van der Waals surface area contributed by atoms with E-state index >= 15 is 0 Å². The molecule has 1 heterocycles. The van der Waals surface area contributed by atoms with Gasteiger partial charge in [0.25, 0.3) is 0 Å². The molecule has 0 N–H and O–H groups in total. The van der Waals surface area contributed by atoms with E-state index in [1.54, 1.807) is 0 Å². The van der Waals surface area contributed by atoms with Crippen molar-refractivity contribution in [2.75, 3.05) is 0 Å². The van der Waals surface area contributed by atoms with Crippen LogP contribution in [0, 0.1) is 13.8 Å². The lowest BCUT2D eigenvalue weighted by Gasteiger charge is -2.38. The predicted octanol–water partition coefficient (Wildman–Crippen LogP) is 6.94. The molecule has 134 valence electrons. The van der Waals surface area contributed by atoms with Crippen LogP contribution in [0.5, 0.6) is 0 Å². The minimum absolute atomic E-state index is 0.206. The number of hydrogen-bond acceptors (Lipinski definition) is 1. The lowest BCUT2D eigenvalue weighted by atomic mass is 9.65. The molecule has 1 aromatic heterocycles. The largest absolute Gasteiger partial charge is 0.149 e. The van der Waals surface area contributed by atoms with E-state index in [1.807, 2.05) is 11.3 Å². The molecule has 0 atom stereocenters. The van der Waals surface area contributed by atoms with Gasteiger partial charge in [-0.25, -0.2) is 0 Å². The zero-order valence-electron chi connectivity index (χ0n) is 15.9. The average Bonchev–Trinajstić information content (AvgIpc) is 3.21.